The van der Waals surface area contributed by atoms with Crippen molar-refractivity contribution in [2.75, 3.05) is 0 Å². The summed E-state index contributed by atoms with van der Waals surface area (Å²) in [7, 11) is 0. The summed E-state index contributed by atoms with van der Waals surface area (Å²) in [6.07, 6.45) is 8.33. The zero-order chi connectivity index (χ0) is 12.7. The molecule has 1 heterocycles. The van der Waals surface area contributed by atoms with E-state index in [4.69, 9.17) is 0 Å². The Hall–Kier alpha value is -1.57. The van der Waals surface area contributed by atoms with Crippen molar-refractivity contribution in [1.82, 2.24) is 4.57 Å². The average Bonchev–Trinajstić information content (AvgIpc) is 2.27. The first-order valence-corrected chi connectivity index (χ1v) is 6.04. The Bertz CT molecular complexity index is 462. The molecule has 0 saturated heterocycles. The van der Waals surface area contributed by atoms with Gasteiger partial charge in [-0.05, 0) is 39.7 Å². The van der Waals surface area contributed by atoms with Crippen LogP contribution in [0.1, 0.15) is 33.6 Å². The van der Waals surface area contributed by atoms with E-state index in [-0.39, 0.29) is 5.56 Å². The molecule has 0 aromatic carbocycles. The van der Waals surface area contributed by atoms with Crippen molar-refractivity contribution in [3.05, 3.63) is 58.0 Å². The second-order valence-electron chi connectivity index (χ2n) is 4.56. The zero-order valence-corrected chi connectivity index (χ0v) is 10.9. The number of allylic oxidation sites excluding steroid dienone is 4. The Labute approximate surface area is 103 Å². The molecule has 0 spiro atoms. The second-order valence-corrected chi connectivity index (χ2v) is 4.56. The minimum absolute atomic E-state index is 0.0563. The third-order valence-corrected chi connectivity index (χ3v) is 2.63. The van der Waals surface area contributed by atoms with Crippen LogP contribution in [0.2, 0.25) is 0 Å². The normalized spacial score (nSPS) is 11.4. The van der Waals surface area contributed by atoms with Crippen LogP contribution in [0.4, 0.5) is 0 Å². The number of hydrogen-bond donors (Lipinski definition) is 0. The Morgan fingerprint density at radius 1 is 1.24 bits per heavy atom. The number of aromatic nitrogens is 1. The van der Waals surface area contributed by atoms with Crippen LogP contribution in [-0.4, -0.2) is 4.57 Å². The van der Waals surface area contributed by atoms with Crippen molar-refractivity contribution >= 4 is 0 Å². The van der Waals surface area contributed by atoms with Crippen LogP contribution < -0.4 is 5.56 Å². The van der Waals surface area contributed by atoms with Crippen LogP contribution in [0.15, 0.2) is 52.5 Å². The van der Waals surface area contributed by atoms with Crippen molar-refractivity contribution < 1.29 is 0 Å². The summed E-state index contributed by atoms with van der Waals surface area (Å²) in [5, 5.41) is 0. The van der Waals surface area contributed by atoms with Gasteiger partial charge in [0.1, 0.15) is 0 Å². The molecular weight excluding hydrogens is 210 g/mol. The fraction of sp³-hybridized carbons (Fsp3) is 0.400. The van der Waals surface area contributed by atoms with E-state index in [0.717, 1.165) is 12.8 Å². The number of rotatable bonds is 5. The first kappa shape index (κ1) is 13.5. The lowest BCUT2D eigenvalue weighted by atomic mass is 10.1. The Balaban J connectivity index is 2.51. The van der Waals surface area contributed by atoms with E-state index in [1.165, 1.54) is 11.1 Å². The molecule has 0 aliphatic rings. The maximum absolute atomic E-state index is 11.5. The molecule has 0 unspecified atom stereocenters. The van der Waals surface area contributed by atoms with Gasteiger partial charge in [0.05, 0.1) is 0 Å². The van der Waals surface area contributed by atoms with Crippen molar-refractivity contribution in [3.63, 3.8) is 0 Å². The van der Waals surface area contributed by atoms with Crippen molar-refractivity contribution in [1.29, 1.82) is 0 Å². The van der Waals surface area contributed by atoms with Gasteiger partial charge in [0.25, 0.3) is 5.56 Å². The molecule has 2 nitrogen and oxygen atoms in total. The third-order valence-electron chi connectivity index (χ3n) is 2.63. The van der Waals surface area contributed by atoms with Crippen LogP contribution in [0.25, 0.3) is 0 Å². The van der Waals surface area contributed by atoms with E-state index < -0.39 is 0 Å². The van der Waals surface area contributed by atoms with Crippen LogP contribution in [0, 0.1) is 0 Å². The lowest BCUT2D eigenvalue weighted by Crippen LogP contribution is -2.16. The lowest BCUT2D eigenvalue weighted by Gasteiger charge is -2.02. The van der Waals surface area contributed by atoms with E-state index in [2.05, 4.69) is 32.9 Å². The first-order valence-electron chi connectivity index (χ1n) is 6.04. The van der Waals surface area contributed by atoms with E-state index in [9.17, 15) is 4.79 Å². The predicted octanol–water partition coefficient (Wildman–Crippen LogP) is 3.54. The van der Waals surface area contributed by atoms with Crippen molar-refractivity contribution in [3.8, 4) is 0 Å². The van der Waals surface area contributed by atoms with Gasteiger partial charge in [-0.1, -0.05) is 29.4 Å². The summed E-state index contributed by atoms with van der Waals surface area (Å²) >= 11 is 0. The Morgan fingerprint density at radius 2 is 2.00 bits per heavy atom. The quantitative estimate of drug-likeness (QED) is 0.710. The summed E-state index contributed by atoms with van der Waals surface area (Å²) < 4.78 is 1.71. The van der Waals surface area contributed by atoms with Gasteiger partial charge >= 0.3 is 0 Å². The molecule has 17 heavy (non-hydrogen) atoms. The highest BCUT2D eigenvalue weighted by atomic mass is 16.1. The minimum Gasteiger partial charge on any atom is -0.312 e. The Kier molecular flexibility index (Phi) is 5.47. The van der Waals surface area contributed by atoms with Gasteiger partial charge in [-0.2, -0.15) is 0 Å². The maximum Gasteiger partial charge on any atom is 0.250 e. The monoisotopic (exact) mass is 231 g/mol. The van der Waals surface area contributed by atoms with Gasteiger partial charge in [0, 0.05) is 18.8 Å². The number of nitrogens with zero attached hydrogens (tertiary/aromatic N) is 1. The van der Waals surface area contributed by atoms with E-state index >= 15 is 0 Å². The Morgan fingerprint density at radius 3 is 2.65 bits per heavy atom. The standard InChI is InChI=1S/C15H21NO/c1-13(2)7-6-8-14(3)10-12-16-11-5-4-9-15(16)17/h4-5,7,9-11H,6,8,12H2,1-3H3/b14-10+. The van der Waals surface area contributed by atoms with E-state index in [0.29, 0.717) is 6.54 Å². The predicted molar refractivity (Wildman–Crippen MR) is 73.1 cm³/mol. The molecule has 0 bridgehead atoms. The van der Waals surface area contributed by atoms with Gasteiger partial charge < -0.3 is 4.57 Å². The molecule has 2 heteroatoms. The van der Waals surface area contributed by atoms with Crippen molar-refractivity contribution in [2.24, 2.45) is 0 Å². The van der Waals surface area contributed by atoms with Crippen LogP contribution in [0.3, 0.4) is 0 Å². The summed E-state index contributed by atoms with van der Waals surface area (Å²) in [6.45, 7) is 7.01. The largest absolute Gasteiger partial charge is 0.312 e. The number of hydrogen-bond acceptors (Lipinski definition) is 1. The van der Waals surface area contributed by atoms with Gasteiger partial charge in [-0.15, -0.1) is 0 Å². The SMILES string of the molecule is CC(C)=CCC/C(C)=C/Cn1ccccc1=O. The molecule has 0 N–H and O–H groups in total. The van der Waals surface area contributed by atoms with E-state index in [1.807, 2.05) is 12.3 Å². The molecule has 0 radical (unpaired) electrons. The highest BCUT2D eigenvalue weighted by Crippen LogP contribution is 2.06. The van der Waals surface area contributed by atoms with Crippen LogP contribution in [0.5, 0.6) is 0 Å². The second kappa shape index (κ2) is 6.89. The fourth-order valence-corrected chi connectivity index (χ4v) is 1.56. The highest BCUT2D eigenvalue weighted by Gasteiger charge is 1.92. The highest BCUT2D eigenvalue weighted by molar-refractivity contribution is 5.03. The van der Waals surface area contributed by atoms with Gasteiger partial charge in [-0.3, -0.25) is 4.79 Å². The lowest BCUT2D eigenvalue weighted by molar-refractivity contribution is 0.768. The first-order chi connectivity index (χ1) is 8.09. The smallest absolute Gasteiger partial charge is 0.250 e. The van der Waals surface area contributed by atoms with Gasteiger partial charge in [-0.25, -0.2) is 0 Å². The molecule has 0 atom stereocenters. The molecule has 1 rings (SSSR count). The topological polar surface area (TPSA) is 22.0 Å². The molecule has 0 amide bonds. The average molecular weight is 231 g/mol. The summed E-state index contributed by atoms with van der Waals surface area (Å²) in [4.78, 5) is 11.5. The summed E-state index contributed by atoms with van der Waals surface area (Å²) in [5.41, 5.74) is 2.75. The maximum atomic E-state index is 11.5. The van der Waals surface area contributed by atoms with Crippen LogP contribution in [-0.2, 0) is 6.54 Å². The minimum atomic E-state index is 0.0563. The number of pyridine rings is 1. The molecule has 1 aromatic rings. The molecule has 1 aromatic heterocycles. The molecule has 0 saturated carbocycles. The fourth-order valence-electron chi connectivity index (χ4n) is 1.56. The van der Waals surface area contributed by atoms with Gasteiger partial charge in [0.2, 0.25) is 0 Å². The molecule has 0 fully saturated rings. The molecular formula is C15H21NO. The third kappa shape index (κ3) is 5.34. The molecule has 0 aliphatic carbocycles. The van der Waals surface area contributed by atoms with Crippen molar-refractivity contribution in [2.45, 2.75) is 40.2 Å². The van der Waals surface area contributed by atoms with Gasteiger partial charge in [0.15, 0.2) is 0 Å². The zero-order valence-electron chi connectivity index (χ0n) is 10.9. The summed E-state index contributed by atoms with van der Waals surface area (Å²) in [5.74, 6) is 0. The van der Waals surface area contributed by atoms with E-state index in [1.54, 1.807) is 16.7 Å². The van der Waals surface area contributed by atoms with Crippen LogP contribution >= 0.6 is 0 Å². The molecule has 0 aliphatic heterocycles. The molecule has 92 valence electrons. The summed E-state index contributed by atoms with van der Waals surface area (Å²) in [6, 6.07) is 5.24.